The van der Waals surface area contributed by atoms with E-state index in [-0.39, 0.29) is 5.91 Å². The van der Waals surface area contributed by atoms with Crippen molar-refractivity contribution in [3.8, 4) is 0 Å². The van der Waals surface area contributed by atoms with E-state index < -0.39 is 0 Å². The first kappa shape index (κ1) is 13.9. The summed E-state index contributed by atoms with van der Waals surface area (Å²) in [4.78, 5) is 17.6. The van der Waals surface area contributed by atoms with Gasteiger partial charge < -0.3 is 4.90 Å². The van der Waals surface area contributed by atoms with Crippen molar-refractivity contribution in [2.24, 2.45) is 7.05 Å². The Morgan fingerprint density at radius 1 is 1.53 bits per heavy atom. The van der Waals surface area contributed by atoms with Gasteiger partial charge in [0.15, 0.2) is 0 Å². The summed E-state index contributed by atoms with van der Waals surface area (Å²) >= 11 is 3.03. The summed E-state index contributed by atoms with van der Waals surface area (Å²) < 4.78 is 1.62. The standard InChI is InChI=1S/C10H14N6OS2/c1-15(2)9(17)4-8-11-7(5-18-8)6-19-10-12-13-14-16(10)3/h5H,4,6H2,1-3H3. The van der Waals surface area contributed by atoms with Gasteiger partial charge in [0, 0.05) is 32.3 Å². The van der Waals surface area contributed by atoms with E-state index in [1.807, 2.05) is 5.38 Å². The summed E-state index contributed by atoms with van der Waals surface area (Å²) in [6, 6.07) is 0. The Balaban J connectivity index is 1.91. The number of thioether (sulfide) groups is 1. The van der Waals surface area contributed by atoms with Crippen LogP contribution in [-0.4, -0.2) is 50.1 Å². The van der Waals surface area contributed by atoms with Gasteiger partial charge in [0.2, 0.25) is 11.1 Å². The number of nitrogens with zero attached hydrogens (tertiary/aromatic N) is 6. The molecule has 0 aliphatic rings. The minimum atomic E-state index is 0.0612. The Labute approximate surface area is 119 Å². The van der Waals surface area contributed by atoms with Gasteiger partial charge in [0.25, 0.3) is 0 Å². The molecule has 2 heterocycles. The largest absolute Gasteiger partial charge is 0.348 e. The summed E-state index contributed by atoms with van der Waals surface area (Å²) in [5.41, 5.74) is 0.944. The highest BCUT2D eigenvalue weighted by Crippen LogP contribution is 2.21. The topological polar surface area (TPSA) is 76.8 Å². The quantitative estimate of drug-likeness (QED) is 0.752. The van der Waals surface area contributed by atoms with Crippen molar-refractivity contribution < 1.29 is 4.79 Å². The molecule has 0 atom stereocenters. The molecule has 0 aliphatic heterocycles. The lowest BCUT2D eigenvalue weighted by Crippen LogP contribution is -2.23. The van der Waals surface area contributed by atoms with Crippen LogP contribution in [0.15, 0.2) is 10.5 Å². The zero-order chi connectivity index (χ0) is 13.8. The highest BCUT2D eigenvalue weighted by molar-refractivity contribution is 7.98. The fraction of sp³-hybridized carbons (Fsp3) is 0.500. The molecule has 2 aromatic heterocycles. The number of aryl methyl sites for hydroxylation is 1. The molecule has 9 heteroatoms. The molecular formula is C10H14N6OS2. The number of aromatic nitrogens is 5. The van der Waals surface area contributed by atoms with E-state index in [9.17, 15) is 4.79 Å². The second-order valence-electron chi connectivity index (χ2n) is 4.07. The van der Waals surface area contributed by atoms with Gasteiger partial charge in [-0.15, -0.1) is 16.4 Å². The van der Waals surface area contributed by atoms with E-state index in [2.05, 4.69) is 20.5 Å². The number of carbonyl (C=O) groups is 1. The average molecular weight is 298 g/mol. The van der Waals surface area contributed by atoms with E-state index >= 15 is 0 Å². The van der Waals surface area contributed by atoms with Crippen molar-refractivity contribution in [3.63, 3.8) is 0 Å². The zero-order valence-corrected chi connectivity index (χ0v) is 12.5. The lowest BCUT2D eigenvalue weighted by Gasteiger charge is -2.07. The molecule has 0 aromatic carbocycles. The van der Waals surface area contributed by atoms with E-state index in [1.165, 1.54) is 23.1 Å². The highest BCUT2D eigenvalue weighted by atomic mass is 32.2. The Hall–Kier alpha value is -1.48. The van der Waals surface area contributed by atoms with Crippen molar-refractivity contribution >= 4 is 29.0 Å². The maximum atomic E-state index is 11.6. The third kappa shape index (κ3) is 3.74. The minimum Gasteiger partial charge on any atom is -0.348 e. The van der Waals surface area contributed by atoms with Crippen molar-refractivity contribution in [1.82, 2.24) is 30.1 Å². The second kappa shape index (κ2) is 6.11. The maximum Gasteiger partial charge on any atom is 0.228 e. The molecule has 0 saturated heterocycles. The van der Waals surface area contributed by atoms with Crippen LogP contribution in [0.3, 0.4) is 0 Å². The van der Waals surface area contributed by atoms with Crippen LogP contribution in [0.5, 0.6) is 0 Å². The summed E-state index contributed by atoms with van der Waals surface area (Å²) in [6.07, 6.45) is 0.355. The van der Waals surface area contributed by atoms with Gasteiger partial charge in [-0.1, -0.05) is 11.8 Å². The smallest absolute Gasteiger partial charge is 0.228 e. The van der Waals surface area contributed by atoms with Crippen LogP contribution in [0, 0.1) is 0 Å². The molecule has 7 nitrogen and oxygen atoms in total. The monoisotopic (exact) mass is 298 g/mol. The first-order valence-corrected chi connectivity index (χ1v) is 7.41. The number of thiazole rings is 1. The van der Waals surface area contributed by atoms with Crippen molar-refractivity contribution in [1.29, 1.82) is 0 Å². The zero-order valence-electron chi connectivity index (χ0n) is 10.9. The molecule has 2 aromatic rings. The van der Waals surface area contributed by atoms with Crippen LogP contribution in [0.4, 0.5) is 0 Å². The van der Waals surface area contributed by atoms with E-state index in [4.69, 9.17) is 0 Å². The lowest BCUT2D eigenvalue weighted by atomic mass is 10.4. The van der Waals surface area contributed by atoms with Crippen LogP contribution in [0.25, 0.3) is 0 Å². The fourth-order valence-corrected chi connectivity index (χ4v) is 2.90. The van der Waals surface area contributed by atoms with Crippen LogP contribution in [-0.2, 0) is 24.0 Å². The van der Waals surface area contributed by atoms with Crippen LogP contribution < -0.4 is 0 Å². The van der Waals surface area contributed by atoms with Crippen molar-refractivity contribution in [2.75, 3.05) is 14.1 Å². The number of amides is 1. The normalized spacial score (nSPS) is 10.7. The van der Waals surface area contributed by atoms with Crippen LogP contribution in [0.2, 0.25) is 0 Å². The lowest BCUT2D eigenvalue weighted by molar-refractivity contribution is -0.127. The summed E-state index contributed by atoms with van der Waals surface area (Å²) in [5.74, 6) is 0.756. The molecule has 0 spiro atoms. The first-order chi connectivity index (χ1) is 9.06. The molecule has 2 rings (SSSR count). The molecule has 19 heavy (non-hydrogen) atoms. The number of rotatable bonds is 5. The molecule has 0 unspecified atom stereocenters. The first-order valence-electron chi connectivity index (χ1n) is 5.55. The van der Waals surface area contributed by atoms with Gasteiger partial charge in [-0.2, -0.15) is 0 Å². The third-order valence-corrected chi connectivity index (χ3v) is 4.27. The molecule has 1 amide bonds. The third-order valence-electron chi connectivity index (χ3n) is 2.33. The van der Waals surface area contributed by atoms with E-state index in [0.29, 0.717) is 12.2 Å². The van der Waals surface area contributed by atoms with Crippen LogP contribution in [0.1, 0.15) is 10.7 Å². The molecule has 0 bridgehead atoms. The molecule has 102 valence electrons. The number of tetrazole rings is 1. The summed E-state index contributed by atoms with van der Waals surface area (Å²) in [5, 5.41) is 14.8. The van der Waals surface area contributed by atoms with Gasteiger partial charge in [0.1, 0.15) is 5.01 Å². The number of hydrogen-bond donors (Lipinski definition) is 0. The Morgan fingerprint density at radius 2 is 2.32 bits per heavy atom. The highest BCUT2D eigenvalue weighted by Gasteiger charge is 2.10. The second-order valence-corrected chi connectivity index (χ2v) is 5.96. The predicted molar refractivity (Wildman–Crippen MR) is 72.9 cm³/mol. The number of hydrogen-bond acceptors (Lipinski definition) is 7. The average Bonchev–Trinajstić information content (AvgIpc) is 2.96. The van der Waals surface area contributed by atoms with Gasteiger partial charge >= 0.3 is 0 Å². The summed E-state index contributed by atoms with van der Waals surface area (Å²) in [6.45, 7) is 0. The molecule has 0 radical (unpaired) electrons. The molecule has 0 fully saturated rings. The fourth-order valence-electron chi connectivity index (χ4n) is 1.27. The number of likely N-dealkylation sites (N-methyl/N-ethyl adjacent to an activating group) is 1. The molecule has 0 aliphatic carbocycles. The Bertz CT molecular complexity index is 564. The van der Waals surface area contributed by atoms with Crippen molar-refractivity contribution in [2.45, 2.75) is 17.3 Å². The van der Waals surface area contributed by atoms with Crippen LogP contribution >= 0.6 is 23.1 Å². The van der Waals surface area contributed by atoms with Crippen molar-refractivity contribution in [3.05, 3.63) is 16.1 Å². The Morgan fingerprint density at radius 3 is 2.95 bits per heavy atom. The SMILES string of the molecule is CN(C)C(=O)Cc1nc(CSc2nnnn2C)cs1. The van der Waals surface area contributed by atoms with Gasteiger partial charge in [-0.25, -0.2) is 9.67 Å². The minimum absolute atomic E-state index is 0.0612. The molecule has 0 saturated carbocycles. The van der Waals surface area contributed by atoms with Gasteiger partial charge in [-0.05, 0) is 10.4 Å². The van der Waals surface area contributed by atoms with E-state index in [0.717, 1.165) is 15.9 Å². The van der Waals surface area contributed by atoms with E-state index in [1.54, 1.807) is 30.7 Å². The Kier molecular flexibility index (Phi) is 4.48. The predicted octanol–water partition coefficient (Wildman–Crippen LogP) is 0.590. The molecule has 0 N–H and O–H groups in total. The molecular weight excluding hydrogens is 284 g/mol. The maximum absolute atomic E-state index is 11.6. The van der Waals surface area contributed by atoms with Gasteiger partial charge in [-0.3, -0.25) is 4.79 Å². The van der Waals surface area contributed by atoms with Gasteiger partial charge in [0.05, 0.1) is 12.1 Å². The summed E-state index contributed by atoms with van der Waals surface area (Å²) in [7, 11) is 5.28. The number of carbonyl (C=O) groups excluding carboxylic acids is 1.